The molecule has 1 N–H and O–H groups in total. The molecule has 2 atom stereocenters. The van der Waals surface area contributed by atoms with Gasteiger partial charge in [0.1, 0.15) is 0 Å². The number of hydrogen-bond acceptors (Lipinski definition) is 3. The molecule has 4 heteroatoms. The molecule has 0 aromatic carbocycles. The van der Waals surface area contributed by atoms with E-state index in [1.165, 1.54) is 0 Å². The summed E-state index contributed by atoms with van der Waals surface area (Å²) in [5.41, 5.74) is -0.373. The van der Waals surface area contributed by atoms with Gasteiger partial charge in [0.15, 0.2) is 0 Å². The van der Waals surface area contributed by atoms with Crippen molar-refractivity contribution in [3.63, 3.8) is 0 Å². The predicted octanol–water partition coefficient (Wildman–Crippen LogP) is 1.79. The average molecular weight is 256 g/mol. The van der Waals surface area contributed by atoms with Gasteiger partial charge in [-0.1, -0.05) is 13.8 Å². The van der Waals surface area contributed by atoms with Crippen LogP contribution >= 0.6 is 0 Å². The Balaban J connectivity index is 2.67. The summed E-state index contributed by atoms with van der Waals surface area (Å²) in [5.74, 6) is 0.216. The molecule has 0 bridgehead atoms. The lowest BCUT2D eigenvalue weighted by Gasteiger charge is -2.41. The lowest BCUT2D eigenvalue weighted by Crippen LogP contribution is -2.58. The van der Waals surface area contributed by atoms with E-state index < -0.39 is 0 Å². The fourth-order valence-corrected chi connectivity index (χ4v) is 2.35. The highest BCUT2D eigenvalue weighted by atomic mass is 16.5. The maximum absolute atomic E-state index is 12.4. The number of carbonyl (C=O) groups excluding carboxylic acids is 1. The molecule has 1 aliphatic rings. The first kappa shape index (κ1) is 15.4. The molecule has 1 fully saturated rings. The third kappa shape index (κ3) is 3.95. The van der Waals surface area contributed by atoms with E-state index in [9.17, 15) is 4.79 Å². The third-order valence-electron chi connectivity index (χ3n) is 3.91. The monoisotopic (exact) mass is 256 g/mol. The Bertz CT molecular complexity index is 279. The Morgan fingerprint density at radius 3 is 2.56 bits per heavy atom. The smallest absolute Gasteiger partial charge is 0.225 e. The van der Waals surface area contributed by atoms with Crippen molar-refractivity contribution in [2.24, 2.45) is 0 Å². The summed E-state index contributed by atoms with van der Waals surface area (Å²) in [7, 11) is 1.66. The van der Waals surface area contributed by atoms with E-state index in [-0.39, 0.29) is 11.5 Å². The summed E-state index contributed by atoms with van der Waals surface area (Å²) in [5, 5.41) is 3.51. The number of amides is 1. The van der Waals surface area contributed by atoms with Gasteiger partial charge < -0.3 is 15.0 Å². The summed E-state index contributed by atoms with van der Waals surface area (Å²) < 4.78 is 5.36. The second-order valence-electron chi connectivity index (χ2n) is 5.76. The molecule has 106 valence electrons. The molecular weight excluding hydrogens is 228 g/mol. The lowest BCUT2D eigenvalue weighted by molar-refractivity contribution is -0.140. The van der Waals surface area contributed by atoms with E-state index in [0.29, 0.717) is 18.5 Å². The van der Waals surface area contributed by atoms with Gasteiger partial charge in [0.05, 0.1) is 12.0 Å². The quantitative estimate of drug-likeness (QED) is 0.815. The van der Waals surface area contributed by atoms with Crippen molar-refractivity contribution in [1.29, 1.82) is 0 Å². The average Bonchev–Trinajstić information content (AvgIpc) is 2.37. The lowest BCUT2D eigenvalue weighted by atomic mass is 10.00. The first-order valence-corrected chi connectivity index (χ1v) is 7.01. The van der Waals surface area contributed by atoms with Gasteiger partial charge in [0.25, 0.3) is 0 Å². The van der Waals surface area contributed by atoms with Crippen molar-refractivity contribution >= 4 is 5.91 Å². The van der Waals surface area contributed by atoms with Gasteiger partial charge in [0, 0.05) is 32.3 Å². The van der Waals surface area contributed by atoms with Crippen molar-refractivity contribution in [2.45, 2.75) is 64.6 Å². The number of nitrogens with zero attached hydrogens (tertiary/aromatic N) is 1. The van der Waals surface area contributed by atoms with Gasteiger partial charge in [-0.25, -0.2) is 0 Å². The fraction of sp³-hybridized carbons (Fsp3) is 0.929. The highest BCUT2D eigenvalue weighted by Gasteiger charge is 2.32. The summed E-state index contributed by atoms with van der Waals surface area (Å²) in [6.45, 7) is 9.96. The first-order chi connectivity index (χ1) is 8.43. The number of piperazine rings is 1. The Morgan fingerprint density at radius 2 is 2.06 bits per heavy atom. The van der Waals surface area contributed by atoms with Crippen molar-refractivity contribution in [3.8, 4) is 0 Å². The van der Waals surface area contributed by atoms with E-state index in [0.717, 1.165) is 25.9 Å². The molecule has 4 nitrogen and oxygen atoms in total. The van der Waals surface area contributed by atoms with Crippen LogP contribution < -0.4 is 5.32 Å². The maximum atomic E-state index is 12.4. The molecule has 1 heterocycles. The van der Waals surface area contributed by atoms with Gasteiger partial charge in [0.2, 0.25) is 5.91 Å². The van der Waals surface area contributed by atoms with Crippen LogP contribution in [0.25, 0.3) is 0 Å². The van der Waals surface area contributed by atoms with Crippen LogP contribution in [0.5, 0.6) is 0 Å². The van der Waals surface area contributed by atoms with Crippen molar-refractivity contribution < 1.29 is 9.53 Å². The zero-order chi connectivity index (χ0) is 13.8. The van der Waals surface area contributed by atoms with Crippen LogP contribution in [0, 0.1) is 0 Å². The zero-order valence-corrected chi connectivity index (χ0v) is 12.5. The molecule has 18 heavy (non-hydrogen) atoms. The molecule has 0 aromatic rings. The van der Waals surface area contributed by atoms with Gasteiger partial charge in [-0.05, 0) is 26.7 Å². The Kier molecular flexibility index (Phi) is 5.60. The van der Waals surface area contributed by atoms with Crippen LogP contribution in [0.1, 0.15) is 47.0 Å². The van der Waals surface area contributed by atoms with Crippen LogP contribution in [-0.4, -0.2) is 48.7 Å². The summed E-state index contributed by atoms with van der Waals surface area (Å²) in [6, 6.07) is 0.760. The molecular formula is C14H28N2O2. The summed E-state index contributed by atoms with van der Waals surface area (Å²) in [4.78, 5) is 14.5. The third-order valence-corrected chi connectivity index (χ3v) is 3.91. The second kappa shape index (κ2) is 6.53. The number of ether oxygens (including phenoxy) is 1. The highest BCUT2D eigenvalue weighted by Crippen LogP contribution is 2.19. The standard InChI is InChI=1S/C14H28N2O2/c1-6-11-10-16(12(7-2)9-15-11)13(17)8-14(3,4)18-5/h11-12,15H,6-10H2,1-5H3. The van der Waals surface area contributed by atoms with Gasteiger partial charge in [-0.2, -0.15) is 0 Å². The normalized spacial score (nSPS) is 25.3. The van der Waals surface area contributed by atoms with Crippen LogP contribution in [0.3, 0.4) is 0 Å². The van der Waals surface area contributed by atoms with Crippen LogP contribution in [0.4, 0.5) is 0 Å². The van der Waals surface area contributed by atoms with E-state index in [2.05, 4.69) is 19.2 Å². The minimum absolute atomic E-state index is 0.216. The maximum Gasteiger partial charge on any atom is 0.225 e. The van der Waals surface area contributed by atoms with Crippen molar-refractivity contribution in [2.75, 3.05) is 20.2 Å². The van der Waals surface area contributed by atoms with Crippen molar-refractivity contribution in [3.05, 3.63) is 0 Å². The molecule has 1 rings (SSSR count). The molecule has 0 aromatic heterocycles. The minimum atomic E-state index is -0.373. The zero-order valence-electron chi connectivity index (χ0n) is 12.5. The number of methoxy groups -OCH3 is 1. The Morgan fingerprint density at radius 1 is 1.39 bits per heavy atom. The number of rotatable bonds is 5. The highest BCUT2D eigenvalue weighted by molar-refractivity contribution is 5.77. The van der Waals surface area contributed by atoms with Crippen molar-refractivity contribution in [1.82, 2.24) is 10.2 Å². The van der Waals surface area contributed by atoms with Gasteiger partial charge in [-0.3, -0.25) is 4.79 Å². The molecule has 0 radical (unpaired) electrons. The molecule has 2 unspecified atom stereocenters. The molecule has 1 amide bonds. The van der Waals surface area contributed by atoms with Crippen LogP contribution in [0.15, 0.2) is 0 Å². The predicted molar refractivity (Wildman–Crippen MR) is 73.6 cm³/mol. The van der Waals surface area contributed by atoms with E-state index >= 15 is 0 Å². The van der Waals surface area contributed by atoms with Crippen LogP contribution in [-0.2, 0) is 9.53 Å². The van der Waals surface area contributed by atoms with E-state index in [1.807, 2.05) is 18.7 Å². The fourth-order valence-electron chi connectivity index (χ4n) is 2.35. The molecule has 0 aliphatic carbocycles. The molecule has 0 saturated carbocycles. The number of hydrogen-bond donors (Lipinski definition) is 1. The Hall–Kier alpha value is -0.610. The summed E-state index contributed by atoms with van der Waals surface area (Å²) in [6.07, 6.45) is 2.52. The van der Waals surface area contributed by atoms with E-state index in [1.54, 1.807) is 7.11 Å². The topological polar surface area (TPSA) is 41.6 Å². The summed E-state index contributed by atoms with van der Waals surface area (Å²) >= 11 is 0. The molecule has 1 aliphatic heterocycles. The molecule has 1 saturated heterocycles. The van der Waals surface area contributed by atoms with E-state index in [4.69, 9.17) is 4.74 Å². The SMILES string of the molecule is CCC1CN(C(=O)CC(C)(C)OC)C(CC)CN1. The number of nitrogens with one attached hydrogen (secondary N) is 1. The first-order valence-electron chi connectivity index (χ1n) is 7.01. The molecule has 0 spiro atoms. The minimum Gasteiger partial charge on any atom is -0.378 e. The number of carbonyl (C=O) groups is 1. The van der Waals surface area contributed by atoms with Gasteiger partial charge >= 0.3 is 0 Å². The second-order valence-corrected chi connectivity index (χ2v) is 5.76. The van der Waals surface area contributed by atoms with Crippen LogP contribution in [0.2, 0.25) is 0 Å². The largest absolute Gasteiger partial charge is 0.378 e. The Labute approximate surface area is 111 Å². The van der Waals surface area contributed by atoms with Gasteiger partial charge in [-0.15, -0.1) is 0 Å².